The summed E-state index contributed by atoms with van der Waals surface area (Å²) in [5.74, 6) is -0.663. The number of ether oxygens (including phenoxy) is 1. The fourth-order valence-electron chi connectivity index (χ4n) is 2.15. The molecule has 1 aromatic heterocycles. The van der Waals surface area contributed by atoms with Gasteiger partial charge < -0.3 is 9.64 Å². The summed E-state index contributed by atoms with van der Waals surface area (Å²) in [6, 6.07) is 3.83. The molecule has 2 aromatic rings. The van der Waals surface area contributed by atoms with Crippen LogP contribution in [0.3, 0.4) is 0 Å². The highest BCUT2D eigenvalue weighted by atomic mass is 35.5. The molecule has 1 fully saturated rings. The first-order valence-corrected chi connectivity index (χ1v) is 10.5. The molecule has 2 N–H and O–H groups in total. The van der Waals surface area contributed by atoms with E-state index in [0.717, 1.165) is 0 Å². The van der Waals surface area contributed by atoms with Crippen molar-refractivity contribution < 1.29 is 17.9 Å². The van der Waals surface area contributed by atoms with E-state index in [1.165, 1.54) is 29.5 Å². The smallest absolute Gasteiger partial charge is 0.285 e. The van der Waals surface area contributed by atoms with Crippen LogP contribution in [0.1, 0.15) is 10.5 Å². The highest BCUT2D eigenvalue weighted by molar-refractivity contribution is 7.89. The van der Waals surface area contributed by atoms with Crippen molar-refractivity contribution >= 4 is 55.6 Å². The molecule has 0 unspecified atom stereocenters. The topological polar surface area (TPSA) is 101 Å². The molecule has 140 valence electrons. The van der Waals surface area contributed by atoms with Crippen molar-refractivity contribution in [1.82, 2.24) is 15.2 Å². The number of sulfonamides is 1. The minimum Gasteiger partial charge on any atom is -0.378 e. The number of anilines is 1. The monoisotopic (exact) mass is 436 g/mol. The number of rotatable bonds is 5. The zero-order chi connectivity index (χ0) is 18.7. The van der Waals surface area contributed by atoms with Crippen LogP contribution < -0.4 is 15.2 Å². The molecule has 1 aliphatic heterocycles. The second kappa shape index (κ2) is 8.07. The summed E-state index contributed by atoms with van der Waals surface area (Å²) in [6.45, 7) is 2.59. The Bertz CT molecular complexity index is 913. The van der Waals surface area contributed by atoms with Crippen molar-refractivity contribution in [3.63, 3.8) is 0 Å². The number of hydrogen-bond acceptors (Lipinski definition) is 7. The van der Waals surface area contributed by atoms with Gasteiger partial charge >= 0.3 is 0 Å². The van der Waals surface area contributed by atoms with E-state index in [0.29, 0.717) is 31.4 Å². The van der Waals surface area contributed by atoms with Crippen LogP contribution in [0.15, 0.2) is 28.5 Å². The van der Waals surface area contributed by atoms with E-state index in [1.54, 1.807) is 5.38 Å². The van der Waals surface area contributed by atoms with Gasteiger partial charge in [-0.15, -0.1) is 16.2 Å². The summed E-state index contributed by atoms with van der Waals surface area (Å²) in [5, 5.41) is 2.57. The lowest BCUT2D eigenvalue weighted by Gasteiger charge is -2.25. The average molecular weight is 437 g/mol. The Balaban J connectivity index is 1.64. The number of benzene rings is 1. The molecular weight excluding hydrogens is 423 g/mol. The van der Waals surface area contributed by atoms with Crippen molar-refractivity contribution in [2.75, 3.05) is 31.2 Å². The van der Waals surface area contributed by atoms with Gasteiger partial charge in [-0.3, -0.25) is 10.2 Å². The minimum absolute atomic E-state index is 0.0931. The van der Waals surface area contributed by atoms with Crippen molar-refractivity contribution in [3.05, 3.63) is 39.3 Å². The Labute approximate surface area is 164 Å². The predicted molar refractivity (Wildman–Crippen MR) is 99.4 cm³/mol. The molecule has 2 heterocycles. The number of amides is 1. The first-order chi connectivity index (χ1) is 12.4. The van der Waals surface area contributed by atoms with Crippen LogP contribution in [-0.2, 0) is 14.8 Å². The fourth-order valence-corrected chi connectivity index (χ4v) is 4.24. The highest BCUT2D eigenvalue weighted by Gasteiger charge is 2.20. The number of carbonyl (C=O) groups is 1. The van der Waals surface area contributed by atoms with Gasteiger partial charge in [-0.05, 0) is 18.2 Å². The lowest BCUT2D eigenvalue weighted by atomic mass is 10.4. The standard InChI is InChI=1S/C14H14Cl2N4O4S2/c15-10-2-1-9(7-11(10)16)26(22,23)19-18-13(21)12-8-25-14(17-12)20-3-5-24-6-4-20/h1-2,7-8,19H,3-6H2,(H,18,21). The zero-order valence-electron chi connectivity index (χ0n) is 13.2. The second-order valence-electron chi connectivity index (χ2n) is 5.25. The molecule has 0 atom stereocenters. The van der Waals surface area contributed by atoms with Gasteiger partial charge in [0.1, 0.15) is 5.69 Å². The first-order valence-electron chi connectivity index (χ1n) is 7.42. The SMILES string of the molecule is O=C(NNS(=O)(=O)c1ccc(Cl)c(Cl)c1)c1csc(N2CCOCC2)n1. The van der Waals surface area contributed by atoms with Crippen LogP contribution in [0.4, 0.5) is 5.13 Å². The van der Waals surface area contributed by atoms with E-state index in [4.69, 9.17) is 27.9 Å². The lowest BCUT2D eigenvalue weighted by Crippen LogP contribution is -2.41. The molecule has 1 aromatic carbocycles. The van der Waals surface area contributed by atoms with Crippen LogP contribution in [0.2, 0.25) is 10.0 Å². The van der Waals surface area contributed by atoms with E-state index in [-0.39, 0.29) is 20.6 Å². The Kier molecular flexibility index (Phi) is 6.00. The number of thiazole rings is 1. The summed E-state index contributed by atoms with van der Waals surface area (Å²) in [7, 11) is -3.99. The molecule has 0 radical (unpaired) electrons. The fraction of sp³-hybridized carbons (Fsp3) is 0.286. The predicted octanol–water partition coefficient (Wildman–Crippen LogP) is 1.91. The molecule has 1 aliphatic rings. The number of halogens is 2. The van der Waals surface area contributed by atoms with Gasteiger partial charge in [0.15, 0.2) is 5.13 Å². The number of carbonyl (C=O) groups excluding carboxylic acids is 1. The van der Waals surface area contributed by atoms with Gasteiger partial charge in [-0.25, -0.2) is 13.4 Å². The van der Waals surface area contributed by atoms with Gasteiger partial charge in [-0.2, -0.15) is 0 Å². The van der Waals surface area contributed by atoms with Gasteiger partial charge in [0.25, 0.3) is 15.9 Å². The molecule has 0 bridgehead atoms. The maximum Gasteiger partial charge on any atom is 0.285 e. The number of hydrazine groups is 1. The van der Waals surface area contributed by atoms with Crippen molar-refractivity contribution in [2.24, 2.45) is 0 Å². The molecule has 0 aliphatic carbocycles. The first kappa shape index (κ1) is 19.3. The van der Waals surface area contributed by atoms with E-state index >= 15 is 0 Å². The van der Waals surface area contributed by atoms with Crippen molar-refractivity contribution in [1.29, 1.82) is 0 Å². The number of aromatic nitrogens is 1. The average Bonchev–Trinajstić information content (AvgIpc) is 3.13. The van der Waals surface area contributed by atoms with E-state index in [1.807, 2.05) is 9.73 Å². The molecule has 26 heavy (non-hydrogen) atoms. The third-order valence-electron chi connectivity index (χ3n) is 3.51. The molecule has 0 saturated carbocycles. The van der Waals surface area contributed by atoms with Crippen LogP contribution in [0.5, 0.6) is 0 Å². The van der Waals surface area contributed by atoms with Crippen LogP contribution in [0.25, 0.3) is 0 Å². The molecule has 0 spiro atoms. The Morgan fingerprint density at radius 2 is 1.96 bits per heavy atom. The summed E-state index contributed by atoms with van der Waals surface area (Å²) in [4.78, 5) is 20.3. The van der Waals surface area contributed by atoms with Crippen molar-refractivity contribution in [3.8, 4) is 0 Å². The Morgan fingerprint density at radius 1 is 1.23 bits per heavy atom. The third kappa shape index (κ3) is 4.45. The maximum absolute atomic E-state index is 12.2. The van der Waals surface area contributed by atoms with Gasteiger partial charge in [-0.1, -0.05) is 23.2 Å². The molecule has 1 amide bonds. The number of nitrogens with one attached hydrogen (secondary N) is 2. The lowest BCUT2D eigenvalue weighted by molar-refractivity contribution is 0.0940. The molecule has 8 nitrogen and oxygen atoms in total. The third-order valence-corrected chi connectivity index (χ3v) is 6.39. The Morgan fingerprint density at radius 3 is 2.65 bits per heavy atom. The number of hydrogen-bond donors (Lipinski definition) is 2. The van der Waals surface area contributed by atoms with Crippen LogP contribution in [0, 0.1) is 0 Å². The van der Waals surface area contributed by atoms with Crippen LogP contribution >= 0.6 is 34.5 Å². The molecule has 12 heteroatoms. The van der Waals surface area contributed by atoms with Crippen LogP contribution in [-0.4, -0.2) is 45.6 Å². The van der Waals surface area contributed by atoms with E-state index in [9.17, 15) is 13.2 Å². The molecule has 3 rings (SSSR count). The number of nitrogens with zero attached hydrogens (tertiary/aromatic N) is 2. The maximum atomic E-state index is 12.2. The largest absolute Gasteiger partial charge is 0.378 e. The quantitative estimate of drug-likeness (QED) is 0.694. The van der Waals surface area contributed by atoms with E-state index in [2.05, 4.69) is 10.4 Å². The number of morpholine rings is 1. The van der Waals surface area contributed by atoms with Crippen molar-refractivity contribution in [2.45, 2.75) is 4.90 Å². The van der Waals surface area contributed by atoms with Gasteiger partial charge in [0.05, 0.1) is 28.2 Å². The summed E-state index contributed by atoms with van der Waals surface area (Å²) in [6.07, 6.45) is 0. The molecular formula is C14H14Cl2N4O4S2. The second-order valence-corrected chi connectivity index (χ2v) is 8.58. The molecule has 1 saturated heterocycles. The minimum atomic E-state index is -3.99. The Hall–Kier alpha value is -1.43. The summed E-state index contributed by atoms with van der Waals surface area (Å²) < 4.78 is 29.7. The highest BCUT2D eigenvalue weighted by Crippen LogP contribution is 2.24. The summed E-state index contributed by atoms with van der Waals surface area (Å²) in [5.41, 5.74) is 2.25. The summed E-state index contributed by atoms with van der Waals surface area (Å²) >= 11 is 12.9. The van der Waals surface area contributed by atoms with Gasteiger partial charge in [0, 0.05) is 18.5 Å². The zero-order valence-corrected chi connectivity index (χ0v) is 16.4. The van der Waals surface area contributed by atoms with E-state index < -0.39 is 15.9 Å². The normalized spacial score (nSPS) is 15.1. The van der Waals surface area contributed by atoms with Gasteiger partial charge in [0.2, 0.25) is 0 Å².